The van der Waals surface area contributed by atoms with E-state index in [1.54, 1.807) is 57.4 Å². The van der Waals surface area contributed by atoms with Crippen LogP contribution in [0.15, 0.2) is 103 Å². The summed E-state index contributed by atoms with van der Waals surface area (Å²) in [6, 6.07) is 31.0. The number of hydrogen-bond acceptors (Lipinski definition) is 19. The number of fused-ring (bicyclic) bond motifs is 4. The van der Waals surface area contributed by atoms with Gasteiger partial charge in [0.15, 0.2) is 5.78 Å². The Morgan fingerprint density at radius 3 is 1.55 bits per heavy atom. The van der Waals surface area contributed by atoms with Crippen molar-refractivity contribution in [3.8, 4) is 33.8 Å². The average Bonchev–Trinajstić information content (AvgIpc) is 1.18. The van der Waals surface area contributed by atoms with Gasteiger partial charge in [-0.3, -0.25) is 38.5 Å². The van der Waals surface area contributed by atoms with Gasteiger partial charge in [0.1, 0.15) is 35.8 Å². The fraction of sp³-hybridized carbons (Fsp3) is 0.593. The van der Waals surface area contributed by atoms with Crippen LogP contribution >= 0.6 is 0 Å². The summed E-state index contributed by atoms with van der Waals surface area (Å²) in [5.41, 5.74) is 8.24. The molecule has 14 rings (SSSR count). The smallest absolute Gasteiger partial charge is 0.251 e. The molecule has 5 aromatic carbocycles. The van der Waals surface area contributed by atoms with Crippen LogP contribution in [0.25, 0.3) is 22.3 Å². The minimum absolute atomic E-state index is 0.0119. The molecule has 0 unspecified atom stereocenters. The predicted octanol–water partition coefficient (Wildman–Crippen LogP) is 8.53. The lowest BCUT2D eigenvalue weighted by Crippen LogP contribution is -2.62. The van der Waals surface area contributed by atoms with E-state index in [0.29, 0.717) is 107 Å². The number of Topliss-reactive ketones (excluding diaryl/α,β-unsaturated/α-hetero) is 1. The van der Waals surface area contributed by atoms with Crippen molar-refractivity contribution in [2.24, 2.45) is 64.1 Å². The van der Waals surface area contributed by atoms with Crippen molar-refractivity contribution in [3.63, 3.8) is 0 Å². The lowest BCUT2D eigenvalue weighted by Gasteiger charge is -2.62. The lowest BCUT2D eigenvalue weighted by molar-refractivity contribution is -0.183. The van der Waals surface area contributed by atoms with Crippen molar-refractivity contribution < 1.29 is 68.3 Å². The first-order valence-electron chi connectivity index (χ1n) is 39.4. The molecule has 3 saturated heterocycles. The molecule has 3 heterocycles. The number of ether oxygens (including phenoxy) is 3. The molecule has 9 aliphatic rings. The second-order valence-corrected chi connectivity index (χ2v) is 33.7. The van der Waals surface area contributed by atoms with E-state index in [1.165, 1.54) is 12.8 Å². The average molecular weight is 1500 g/mol. The highest BCUT2D eigenvalue weighted by molar-refractivity contribution is 6.03. The zero-order chi connectivity index (χ0) is 78.5. The number of amides is 4. The van der Waals surface area contributed by atoms with Crippen molar-refractivity contribution in [2.45, 2.75) is 156 Å². The third-order valence-corrected chi connectivity index (χ3v) is 25.7. The fourth-order valence-electron chi connectivity index (χ4n) is 19.3. The molecule has 8 N–H and O–H groups in total. The van der Waals surface area contributed by atoms with Gasteiger partial charge < -0.3 is 65.7 Å². The molecule has 5 aromatic rings. The van der Waals surface area contributed by atoms with Gasteiger partial charge in [0.25, 0.3) is 11.8 Å². The predicted molar refractivity (Wildman–Crippen MR) is 420 cm³/mol. The van der Waals surface area contributed by atoms with Crippen LogP contribution in [-0.4, -0.2) is 227 Å². The van der Waals surface area contributed by atoms with Crippen LogP contribution in [0.3, 0.4) is 0 Å². The van der Waals surface area contributed by atoms with Crippen LogP contribution in [0.1, 0.15) is 135 Å². The van der Waals surface area contributed by atoms with Crippen molar-refractivity contribution in [1.29, 1.82) is 0 Å². The number of carbonyl (C=O) groups excluding carboxylic acids is 5. The first-order valence-corrected chi connectivity index (χ1v) is 39.4. The van der Waals surface area contributed by atoms with Crippen LogP contribution < -0.4 is 35.6 Å². The fourth-order valence-corrected chi connectivity index (χ4v) is 19.3. The van der Waals surface area contributed by atoms with Gasteiger partial charge in [-0.15, -0.1) is 0 Å². The molecule has 9 fully saturated rings. The van der Waals surface area contributed by atoms with Crippen molar-refractivity contribution >= 4 is 35.1 Å². The minimum atomic E-state index is -0.930. The highest BCUT2D eigenvalue weighted by Gasteiger charge is 2.59. The monoisotopic (exact) mass is 1500 g/mol. The number of carbonyl (C=O) groups is 5. The summed E-state index contributed by atoms with van der Waals surface area (Å²) >= 11 is 0. The minimum Gasteiger partial charge on any atom is -0.496 e. The quantitative estimate of drug-likeness (QED) is 0.0208. The number of nitrogens with one attached hydrogen (secondary N) is 4. The largest absolute Gasteiger partial charge is 0.496 e. The molecule has 0 aromatic heterocycles. The van der Waals surface area contributed by atoms with E-state index in [1.807, 2.05) is 112 Å². The number of nitrogens with zero attached hydrogens (tertiary/aromatic N) is 5. The molecule has 3 aliphatic heterocycles. The highest BCUT2D eigenvalue weighted by atomic mass is 16.7. The van der Waals surface area contributed by atoms with Crippen molar-refractivity contribution in [1.82, 2.24) is 41.2 Å². The standard InChI is InChI=1S/C46H62N4O7.C40H59N5O7/c1-27-37-22-35(46(37,3)4)23-38(27)48-45(55)42-41(28(2)52)40(26-51)57-50(42)25-31-15-12-16-36(43(31)56-8)32-19-33(21-34(20-32)44(54)47-5)39(53)18-30(24-49(6)7)17-29-13-10-9-11-14-29;1-24-32-20-29(40(32,3)4)21-33(24)42-39(49)36-35(25(2)47)34(23-46)52-45(36)22-26-9-8-10-31(37(26)50-7)27-17-28(19-30(18-27)43(5)6)38(48)41-11-12-44-13-15-51-16-14-44/h9-16,19-21,27-28,30,35,37-38,40-42,51-52H,17-18,22-26H2,1-8H3,(H,47,54)(H,48,55);8-10,17-19,24-25,29,32-36,46-47H,11-16,20-23H2,1-7H3,(H,41,48)(H,42,49)/t27-,28-,30+,35+,37-,38-,40-,41+,42-;24-,25-,29+,32-,33-,34-,35-,36-/m00/s1. The second kappa shape index (κ2) is 35.5. The number of aliphatic hydroxyl groups is 4. The van der Waals surface area contributed by atoms with E-state index in [4.69, 9.17) is 23.9 Å². The molecule has 0 radical (unpaired) electrons. The molecule has 6 aliphatic carbocycles. The third-order valence-electron chi connectivity index (χ3n) is 25.7. The summed E-state index contributed by atoms with van der Waals surface area (Å²) in [4.78, 5) is 88.1. The number of hydrogen-bond donors (Lipinski definition) is 8. The molecule has 109 heavy (non-hydrogen) atoms. The molecule has 23 nitrogen and oxygen atoms in total. The Hall–Kier alpha value is -7.39. The molecule has 0 spiro atoms. The van der Waals surface area contributed by atoms with Gasteiger partial charge in [-0.05, 0) is 165 Å². The van der Waals surface area contributed by atoms with E-state index < -0.39 is 48.3 Å². The number of rotatable bonds is 29. The number of benzene rings is 5. The zero-order valence-electron chi connectivity index (χ0n) is 66.8. The van der Waals surface area contributed by atoms with Crippen LogP contribution in [0.2, 0.25) is 0 Å². The van der Waals surface area contributed by atoms with Crippen LogP contribution in [-0.2, 0) is 43.5 Å². The summed E-state index contributed by atoms with van der Waals surface area (Å²) in [5, 5.41) is 58.3. The SMILES string of the molecule is CNC(=O)c1cc(C(=O)C[C@@H](Cc2ccccc2)CN(C)C)cc(-c2cccc(CN3O[C@@H](CO)[C@@H]([C@H](C)O)[C@H]3C(=O)N[C@H]3C[C@H]4C[C@@H]([C@@H]3C)C4(C)C)c2OC)c1.COc1c(CN2O[C@@H](CO)[C@H]([C@H](C)O)[C@H]2C(=O)N[C@H]2C[C@H]3C[C@@H]([C@@H]2C)C3(C)C)cccc1-c1cc(C(=O)NCCN2CCOCC2)cc(N(C)C)c1. The third kappa shape index (κ3) is 18.1. The Balaban J connectivity index is 0.000000217. The molecule has 4 bridgehead atoms. The van der Waals surface area contributed by atoms with E-state index in [-0.39, 0.29) is 84.5 Å². The molecule has 6 saturated carbocycles. The zero-order valence-corrected chi connectivity index (χ0v) is 66.8. The maximum Gasteiger partial charge on any atom is 0.251 e. The van der Waals surface area contributed by atoms with Crippen molar-refractivity contribution in [2.75, 3.05) is 114 Å². The lowest BCUT2D eigenvalue weighted by atomic mass is 9.45. The number of para-hydroxylation sites is 2. The Morgan fingerprint density at radius 2 is 1.11 bits per heavy atom. The van der Waals surface area contributed by atoms with Gasteiger partial charge in [-0.25, -0.2) is 0 Å². The first kappa shape index (κ1) is 82.6. The van der Waals surface area contributed by atoms with Gasteiger partial charge in [0.05, 0.1) is 65.9 Å². The summed E-state index contributed by atoms with van der Waals surface area (Å²) < 4.78 is 17.6. The topological polar surface area (TPSA) is 277 Å². The van der Waals surface area contributed by atoms with E-state index in [9.17, 15) is 44.4 Å². The first-order chi connectivity index (χ1) is 52.0. The van der Waals surface area contributed by atoms with E-state index in [2.05, 4.69) is 84.7 Å². The van der Waals surface area contributed by atoms with E-state index >= 15 is 0 Å². The van der Waals surface area contributed by atoms with Crippen LogP contribution in [0.4, 0.5) is 5.69 Å². The number of anilines is 1. The Bertz CT molecular complexity index is 3980. The molecular weight excluding hydrogens is 1380 g/mol. The summed E-state index contributed by atoms with van der Waals surface area (Å²) in [6.07, 6.45) is 1.91. The van der Waals surface area contributed by atoms with Crippen LogP contribution in [0.5, 0.6) is 11.5 Å². The number of hydroxylamine groups is 4. The normalized spacial score (nSPS) is 27.7. The number of methoxy groups -OCH3 is 2. The Labute approximate surface area is 645 Å². The molecule has 594 valence electrons. The maximum absolute atomic E-state index is 14.3. The van der Waals surface area contributed by atoms with E-state index in [0.717, 1.165) is 73.4 Å². The van der Waals surface area contributed by atoms with Crippen molar-refractivity contribution in [3.05, 3.63) is 137 Å². The number of aliphatic hydroxyl groups excluding tert-OH is 4. The van der Waals surface area contributed by atoms with Crippen LogP contribution in [0, 0.1) is 64.1 Å². The summed E-state index contributed by atoms with van der Waals surface area (Å²) in [5.74, 6) is 1.73. The Morgan fingerprint density at radius 1 is 0.624 bits per heavy atom. The highest BCUT2D eigenvalue weighted by Crippen LogP contribution is 2.62. The molecule has 4 amide bonds. The summed E-state index contributed by atoms with van der Waals surface area (Å²) in [6.45, 7) is 21.8. The summed E-state index contributed by atoms with van der Waals surface area (Å²) in [7, 11) is 12.6. The van der Waals surface area contributed by atoms with Gasteiger partial charge >= 0.3 is 0 Å². The number of ketones is 1. The van der Waals surface area contributed by atoms with Gasteiger partial charge in [-0.1, -0.05) is 108 Å². The molecule has 17 atom stereocenters. The maximum atomic E-state index is 14.3. The van der Waals surface area contributed by atoms with Gasteiger partial charge in [0, 0.05) is 129 Å². The van der Waals surface area contributed by atoms with Gasteiger partial charge in [-0.2, -0.15) is 10.1 Å². The van der Waals surface area contributed by atoms with Gasteiger partial charge in [0.2, 0.25) is 11.8 Å². The Kier molecular flexibility index (Phi) is 26.9. The number of morpholine rings is 1. The molecule has 23 heteroatoms. The second-order valence-electron chi connectivity index (χ2n) is 33.7. The molecular formula is C86H121N9O14.